The van der Waals surface area contributed by atoms with Crippen molar-refractivity contribution in [2.75, 3.05) is 32.7 Å². The molecule has 4 heteroatoms. The third-order valence-electron chi connectivity index (χ3n) is 4.45. The van der Waals surface area contributed by atoms with E-state index in [2.05, 4.69) is 36.4 Å². The summed E-state index contributed by atoms with van der Waals surface area (Å²) in [5, 5.41) is 0. The lowest BCUT2D eigenvalue weighted by Crippen LogP contribution is -3.14. The second kappa shape index (κ2) is 8.49. The molecule has 4 nitrogen and oxygen atoms in total. The number of nitrogens with one attached hydrogen (secondary N) is 1. The number of hydrogen-bond donors (Lipinski definition) is 1. The Bertz CT molecular complexity index is 738. The molecule has 0 atom stereocenters. The standard InChI is InChI=1S/C21H24N2O2/c1-18-9-10-20(25-18)11-12-21(24)23-16-14-22(15-17-23)13-5-8-19-6-3-2-4-7-19/h2-12H,13-17H2,1H3/p+1. The zero-order chi connectivity index (χ0) is 17.5. The van der Waals surface area contributed by atoms with Gasteiger partial charge < -0.3 is 14.2 Å². The van der Waals surface area contributed by atoms with Crippen molar-refractivity contribution in [1.82, 2.24) is 4.90 Å². The first-order valence-corrected chi connectivity index (χ1v) is 8.79. The number of aryl methyl sites for hydroxylation is 1. The highest BCUT2D eigenvalue weighted by Crippen LogP contribution is 2.08. The van der Waals surface area contributed by atoms with Crippen molar-refractivity contribution >= 4 is 18.1 Å². The minimum atomic E-state index is 0.0629. The van der Waals surface area contributed by atoms with Gasteiger partial charge in [0.15, 0.2) is 0 Å². The molecule has 0 spiro atoms. The van der Waals surface area contributed by atoms with Crippen LogP contribution in [0.2, 0.25) is 0 Å². The van der Waals surface area contributed by atoms with Crippen molar-refractivity contribution in [2.45, 2.75) is 6.92 Å². The number of benzene rings is 1. The second-order valence-corrected chi connectivity index (χ2v) is 6.37. The predicted octanol–water partition coefficient (Wildman–Crippen LogP) is 2.04. The number of carbonyl (C=O) groups is 1. The molecule has 1 aromatic heterocycles. The number of nitrogens with zero attached hydrogens (tertiary/aromatic N) is 1. The van der Waals surface area contributed by atoms with E-state index in [0.717, 1.165) is 44.2 Å². The molecule has 0 aliphatic carbocycles. The maximum Gasteiger partial charge on any atom is 0.247 e. The SMILES string of the molecule is Cc1ccc(C=CC(=O)N2CC[NH+](CC=Cc3ccccc3)CC2)o1. The van der Waals surface area contributed by atoms with Crippen molar-refractivity contribution in [2.24, 2.45) is 0 Å². The maximum atomic E-state index is 12.3. The lowest BCUT2D eigenvalue weighted by Gasteiger charge is -2.31. The van der Waals surface area contributed by atoms with Crippen LogP contribution >= 0.6 is 0 Å². The molecule has 1 aromatic carbocycles. The van der Waals surface area contributed by atoms with Crippen molar-refractivity contribution in [3.8, 4) is 0 Å². The Balaban J connectivity index is 1.43. The third-order valence-corrected chi connectivity index (χ3v) is 4.45. The molecule has 2 aromatic rings. The zero-order valence-electron chi connectivity index (χ0n) is 14.7. The van der Waals surface area contributed by atoms with E-state index in [-0.39, 0.29) is 5.91 Å². The van der Waals surface area contributed by atoms with E-state index in [1.807, 2.05) is 30.0 Å². The average molecular weight is 337 g/mol. The fraction of sp³-hybridized carbons (Fsp3) is 0.286. The molecule has 25 heavy (non-hydrogen) atoms. The summed E-state index contributed by atoms with van der Waals surface area (Å²) >= 11 is 0. The summed E-state index contributed by atoms with van der Waals surface area (Å²) in [6, 6.07) is 14.1. The van der Waals surface area contributed by atoms with E-state index in [1.165, 1.54) is 10.5 Å². The van der Waals surface area contributed by atoms with Gasteiger partial charge in [-0.05, 0) is 36.8 Å². The lowest BCUT2D eigenvalue weighted by atomic mass is 10.2. The average Bonchev–Trinajstić information content (AvgIpc) is 3.06. The molecular formula is C21H25N2O2+. The Hall–Kier alpha value is -2.59. The first-order chi connectivity index (χ1) is 12.2. The van der Waals surface area contributed by atoms with E-state index in [0.29, 0.717) is 0 Å². The van der Waals surface area contributed by atoms with Crippen molar-refractivity contribution in [1.29, 1.82) is 0 Å². The van der Waals surface area contributed by atoms with E-state index in [4.69, 9.17) is 4.42 Å². The van der Waals surface area contributed by atoms with Crippen LogP contribution in [-0.2, 0) is 4.79 Å². The molecule has 1 fully saturated rings. The smallest absolute Gasteiger partial charge is 0.247 e. The molecule has 1 amide bonds. The van der Waals surface area contributed by atoms with Crippen LogP contribution in [0, 0.1) is 6.92 Å². The molecule has 3 rings (SSSR count). The Morgan fingerprint density at radius 3 is 2.56 bits per heavy atom. The summed E-state index contributed by atoms with van der Waals surface area (Å²) in [6.07, 6.45) is 7.75. The van der Waals surface area contributed by atoms with Gasteiger partial charge in [0.25, 0.3) is 0 Å². The molecular weight excluding hydrogens is 312 g/mol. The van der Waals surface area contributed by atoms with Crippen LogP contribution in [0.4, 0.5) is 0 Å². The van der Waals surface area contributed by atoms with Gasteiger partial charge >= 0.3 is 0 Å². The van der Waals surface area contributed by atoms with Gasteiger partial charge in [0, 0.05) is 6.08 Å². The van der Waals surface area contributed by atoms with Gasteiger partial charge in [-0.2, -0.15) is 0 Å². The summed E-state index contributed by atoms with van der Waals surface area (Å²) in [6.45, 7) is 6.46. The summed E-state index contributed by atoms with van der Waals surface area (Å²) in [5.74, 6) is 1.64. The number of furan rings is 1. The highest BCUT2D eigenvalue weighted by atomic mass is 16.3. The molecule has 0 radical (unpaired) electrons. The fourth-order valence-corrected chi connectivity index (χ4v) is 2.98. The zero-order valence-corrected chi connectivity index (χ0v) is 14.7. The lowest BCUT2D eigenvalue weighted by molar-refractivity contribution is -0.898. The minimum Gasteiger partial charge on any atom is -0.462 e. The van der Waals surface area contributed by atoms with Crippen LogP contribution in [0.25, 0.3) is 12.2 Å². The van der Waals surface area contributed by atoms with Crippen molar-refractivity contribution < 1.29 is 14.1 Å². The van der Waals surface area contributed by atoms with Crippen molar-refractivity contribution in [3.05, 3.63) is 71.7 Å². The van der Waals surface area contributed by atoms with Crippen molar-refractivity contribution in [3.63, 3.8) is 0 Å². The summed E-state index contributed by atoms with van der Waals surface area (Å²) in [7, 11) is 0. The van der Waals surface area contributed by atoms with Gasteiger partial charge in [0.1, 0.15) is 11.5 Å². The largest absolute Gasteiger partial charge is 0.462 e. The van der Waals surface area contributed by atoms with Crippen LogP contribution in [0.3, 0.4) is 0 Å². The maximum absolute atomic E-state index is 12.3. The number of rotatable bonds is 5. The number of amides is 1. The van der Waals surface area contributed by atoms with E-state index in [1.54, 1.807) is 12.2 Å². The Kier molecular flexibility index (Phi) is 5.86. The molecule has 0 bridgehead atoms. The van der Waals surface area contributed by atoms with Gasteiger partial charge in [-0.25, -0.2) is 0 Å². The Morgan fingerprint density at radius 1 is 1.12 bits per heavy atom. The van der Waals surface area contributed by atoms with E-state index >= 15 is 0 Å². The molecule has 2 heterocycles. The molecule has 130 valence electrons. The number of carbonyl (C=O) groups excluding carboxylic acids is 1. The molecule has 1 saturated heterocycles. The quantitative estimate of drug-likeness (QED) is 0.848. The fourth-order valence-electron chi connectivity index (χ4n) is 2.98. The summed E-state index contributed by atoms with van der Waals surface area (Å²) < 4.78 is 5.45. The predicted molar refractivity (Wildman–Crippen MR) is 100 cm³/mol. The minimum absolute atomic E-state index is 0.0629. The van der Waals surface area contributed by atoms with Crippen LogP contribution in [0.15, 0.2) is 59.0 Å². The van der Waals surface area contributed by atoms with Gasteiger partial charge in [-0.3, -0.25) is 4.79 Å². The Labute approximate surface area is 149 Å². The molecule has 1 aliphatic heterocycles. The highest BCUT2D eigenvalue weighted by molar-refractivity contribution is 5.91. The number of hydrogen-bond acceptors (Lipinski definition) is 2. The van der Waals surface area contributed by atoms with Gasteiger partial charge in [0.2, 0.25) is 5.91 Å². The first kappa shape index (κ1) is 17.2. The Morgan fingerprint density at radius 2 is 1.88 bits per heavy atom. The molecule has 1 N–H and O–H groups in total. The van der Waals surface area contributed by atoms with Gasteiger partial charge in [0.05, 0.1) is 32.7 Å². The summed E-state index contributed by atoms with van der Waals surface area (Å²) in [4.78, 5) is 15.7. The van der Waals surface area contributed by atoms with Crippen LogP contribution in [-0.4, -0.2) is 43.5 Å². The number of piperazine rings is 1. The first-order valence-electron chi connectivity index (χ1n) is 8.79. The van der Waals surface area contributed by atoms with Gasteiger partial charge in [-0.15, -0.1) is 0 Å². The van der Waals surface area contributed by atoms with Crippen LogP contribution in [0.5, 0.6) is 0 Å². The second-order valence-electron chi connectivity index (χ2n) is 6.37. The van der Waals surface area contributed by atoms with E-state index < -0.39 is 0 Å². The third kappa shape index (κ3) is 5.19. The normalized spacial score (nSPS) is 16.1. The van der Waals surface area contributed by atoms with Gasteiger partial charge in [-0.1, -0.05) is 36.4 Å². The summed E-state index contributed by atoms with van der Waals surface area (Å²) in [5.41, 5.74) is 1.23. The monoisotopic (exact) mass is 337 g/mol. The number of quaternary nitrogens is 1. The topological polar surface area (TPSA) is 37.9 Å². The molecule has 1 aliphatic rings. The van der Waals surface area contributed by atoms with E-state index in [9.17, 15) is 4.79 Å². The molecule has 0 saturated carbocycles. The molecule has 0 unspecified atom stereocenters. The highest BCUT2D eigenvalue weighted by Gasteiger charge is 2.21. The van der Waals surface area contributed by atoms with Crippen LogP contribution < -0.4 is 4.90 Å². The van der Waals surface area contributed by atoms with Crippen LogP contribution in [0.1, 0.15) is 17.1 Å².